The molecule has 0 atom stereocenters. The highest BCUT2D eigenvalue weighted by Crippen LogP contribution is 2.22. The Balaban J connectivity index is 1.64. The molecule has 0 fully saturated rings. The monoisotopic (exact) mass is 310 g/mol. The van der Waals surface area contributed by atoms with Gasteiger partial charge in [0.25, 0.3) is 5.91 Å². The third-order valence-electron chi connectivity index (χ3n) is 3.23. The van der Waals surface area contributed by atoms with E-state index in [0.29, 0.717) is 11.4 Å². The van der Waals surface area contributed by atoms with Gasteiger partial charge in [-0.15, -0.1) is 0 Å². The molecule has 0 saturated heterocycles. The number of aryl methyl sites for hydroxylation is 1. The largest absolute Gasteiger partial charge is 0.450 e. The van der Waals surface area contributed by atoms with Gasteiger partial charge in [0.2, 0.25) is 5.76 Å². The van der Waals surface area contributed by atoms with Gasteiger partial charge in [0.05, 0.1) is 5.69 Å². The molecule has 0 spiro atoms. The third-order valence-corrected chi connectivity index (χ3v) is 3.23. The maximum atomic E-state index is 12.0. The number of carbonyl (C=O) groups is 2. The van der Waals surface area contributed by atoms with Crippen molar-refractivity contribution in [2.75, 3.05) is 11.9 Å². The molecule has 0 bridgehead atoms. The molecule has 0 aliphatic carbocycles. The summed E-state index contributed by atoms with van der Waals surface area (Å²) in [6.07, 6.45) is 0. The summed E-state index contributed by atoms with van der Waals surface area (Å²) in [4.78, 5) is 23.7. The number of benzene rings is 2. The Kier molecular flexibility index (Phi) is 4.05. The van der Waals surface area contributed by atoms with Gasteiger partial charge < -0.3 is 14.6 Å². The first-order chi connectivity index (χ1) is 11.1. The van der Waals surface area contributed by atoms with Gasteiger partial charge in [-0.3, -0.25) is 4.79 Å². The van der Waals surface area contributed by atoms with E-state index >= 15 is 0 Å². The summed E-state index contributed by atoms with van der Waals surface area (Å²) in [6, 6.07) is 14.7. The first-order valence-electron chi connectivity index (χ1n) is 7.01. The molecule has 1 amide bonds. The van der Waals surface area contributed by atoms with Crippen LogP contribution in [0.2, 0.25) is 0 Å². The van der Waals surface area contributed by atoms with Crippen LogP contribution in [0.15, 0.2) is 53.1 Å². The predicted molar refractivity (Wildman–Crippen MR) is 84.1 cm³/mol. The van der Waals surface area contributed by atoms with Gasteiger partial charge in [0.1, 0.15) is 0 Å². The molecule has 1 N–H and O–H groups in total. The molecular weight excluding hydrogens is 296 g/mol. The summed E-state index contributed by atoms with van der Waals surface area (Å²) in [5.41, 5.74) is 1.23. The maximum Gasteiger partial charge on any atom is 0.377 e. The Labute approximate surface area is 132 Å². The minimum atomic E-state index is -0.723. The van der Waals surface area contributed by atoms with Crippen LogP contribution < -0.4 is 5.32 Å². The predicted octanol–water partition coefficient (Wildman–Crippen LogP) is 2.93. The summed E-state index contributed by atoms with van der Waals surface area (Å²) in [5.74, 6) is -1.18. The summed E-state index contributed by atoms with van der Waals surface area (Å²) in [6.45, 7) is 1.29. The Hall–Kier alpha value is -3.15. The van der Waals surface area contributed by atoms with Gasteiger partial charge in [-0.2, -0.15) is 0 Å². The van der Waals surface area contributed by atoms with E-state index in [0.717, 1.165) is 10.8 Å². The van der Waals surface area contributed by atoms with Gasteiger partial charge in [-0.05, 0) is 18.4 Å². The number of hydrogen-bond donors (Lipinski definition) is 1. The molecular formula is C17H14N2O4. The molecule has 1 aromatic heterocycles. The SMILES string of the molecule is Cc1cc(C(=O)OCC(=O)Nc2cccc3ccccc23)on1. The number of ether oxygens (including phenoxy) is 1. The fourth-order valence-electron chi connectivity index (χ4n) is 2.18. The first-order valence-corrected chi connectivity index (χ1v) is 7.01. The number of esters is 1. The average Bonchev–Trinajstić information content (AvgIpc) is 2.99. The fraction of sp³-hybridized carbons (Fsp3) is 0.118. The normalized spacial score (nSPS) is 10.5. The summed E-state index contributed by atoms with van der Waals surface area (Å²) >= 11 is 0. The van der Waals surface area contributed by atoms with Gasteiger partial charge in [0, 0.05) is 17.1 Å². The lowest BCUT2D eigenvalue weighted by Crippen LogP contribution is -2.20. The van der Waals surface area contributed by atoms with Crippen LogP contribution in [0.3, 0.4) is 0 Å². The number of amides is 1. The quantitative estimate of drug-likeness (QED) is 0.749. The number of fused-ring (bicyclic) bond motifs is 1. The zero-order valence-corrected chi connectivity index (χ0v) is 12.4. The van der Waals surface area contributed by atoms with E-state index in [2.05, 4.69) is 10.5 Å². The number of anilines is 1. The van der Waals surface area contributed by atoms with E-state index in [9.17, 15) is 9.59 Å². The molecule has 6 heteroatoms. The van der Waals surface area contributed by atoms with Crippen molar-refractivity contribution in [3.8, 4) is 0 Å². The summed E-state index contributed by atoms with van der Waals surface area (Å²) in [7, 11) is 0. The Morgan fingerprint density at radius 2 is 1.96 bits per heavy atom. The third kappa shape index (κ3) is 3.37. The topological polar surface area (TPSA) is 81.4 Å². The molecule has 3 aromatic rings. The molecule has 23 heavy (non-hydrogen) atoms. The minimum Gasteiger partial charge on any atom is -0.450 e. The highest BCUT2D eigenvalue weighted by atomic mass is 16.6. The van der Waals surface area contributed by atoms with Crippen LogP contribution in [0.5, 0.6) is 0 Å². The fourth-order valence-corrected chi connectivity index (χ4v) is 2.18. The van der Waals surface area contributed by atoms with Gasteiger partial charge in [-0.25, -0.2) is 4.79 Å². The van der Waals surface area contributed by atoms with Crippen LogP contribution >= 0.6 is 0 Å². The van der Waals surface area contributed by atoms with Crippen molar-refractivity contribution in [1.82, 2.24) is 5.16 Å². The minimum absolute atomic E-state index is 0.0274. The zero-order valence-electron chi connectivity index (χ0n) is 12.4. The highest BCUT2D eigenvalue weighted by molar-refractivity contribution is 6.03. The first kappa shape index (κ1) is 14.8. The van der Waals surface area contributed by atoms with Crippen molar-refractivity contribution in [3.05, 3.63) is 60.0 Å². The smallest absolute Gasteiger partial charge is 0.377 e. The van der Waals surface area contributed by atoms with E-state index in [-0.39, 0.29) is 5.76 Å². The molecule has 116 valence electrons. The van der Waals surface area contributed by atoms with Gasteiger partial charge >= 0.3 is 5.97 Å². The number of aromatic nitrogens is 1. The highest BCUT2D eigenvalue weighted by Gasteiger charge is 2.15. The van der Waals surface area contributed by atoms with Crippen molar-refractivity contribution in [2.24, 2.45) is 0 Å². The van der Waals surface area contributed by atoms with Crippen LogP contribution in [-0.2, 0) is 9.53 Å². The van der Waals surface area contributed by atoms with E-state index in [1.165, 1.54) is 6.07 Å². The number of hydrogen-bond acceptors (Lipinski definition) is 5. The lowest BCUT2D eigenvalue weighted by Gasteiger charge is -2.08. The van der Waals surface area contributed by atoms with Gasteiger partial charge in [-0.1, -0.05) is 41.6 Å². The second-order valence-corrected chi connectivity index (χ2v) is 4.98. The number of rotatable bonds is 4. The molecule has 1 heterocycles. The van der Waals surface area contributed by atoms with Crippen LogP contribution in [0.4, 0.5) is 5.69 Å². The van der Waals surface area contributed by atoms with Gasteiger partial charge in [0.15, 0.2) is 6.61 Å². The van der Waals surface area contributed by atoms with Crippen molar-refractivity contribution < 1.29 is 18.8 Å². The van der Waals surface area contributed by atoms with E-state index in [1.54, 1.807) is 13.0 Å². The van der Waals surface area contributed by atoms with Crippen molar-refractivity contribution in [2.45, 2.75) is 6.92 Å². The average molecular weight is 310 g/mol. The lowest BCUT2D eigenvalue weighted by molar-refractivity contribution is -0.119. The molecule has 0 unspecified atom stereocenters. The molecule has 0 radical (unpaired) electrons. The van der Waals surface area contributed by atoms with Crippen molar-refractivity contribution in [1.29, 1.82) is 0 Å². The van der Waals surface area contributed by atoms with Crippen LogP contribution in [0.25, 0.3) is 10.8 Å². The van der Waals surface area contributed by atoms with E-state index in [1.807, 2.05) is 36.4 Å². The lowest BCUT2D eigenvalue weighted by atomic mass is 10.1. The zero-order chi connectivity index (χ0) is 16.2. The van der Waals surface area contributed by atoms with Crippen molar-refractivity contribution >= 4 is 28.3 Å². The molecule has 0 aliphatic heterocycles. The van der Waals surface area contributed by atoms with Crippen LogP contribution in [-0.4, -0.2) is 23.6 Å². The second kappa shape index (κ2) is 6.31. The van der Waals surface area contributed by atoms with E-state index in [4.69, 9.17) is 9.26 Å². The number of nitrogens with zero attached hydrogens (tertiary/aromatic N) is 1. The Morgan fingerprint density at radius 1 is 1.17 bits per heavy atom. The standard InChI is InChI=1S/C17H14N2O4/c1-11-9-15(23-19-11)17(21)22-10-16(20)18-14-8-4-6-12-5-2-3-7-13(12)14/h2-9H,10H2,1H3,(H,18,20). The van der Waals surface area contributed by atoms with E-state index < -0.39 is 18.5 Å². The molecule has 0 saturated carbocycles. The molecule has 2 aromatic carbocycles. The number of carbonyl (C=O) groups excluding carboxylic acids is 2. The second-order valence-electron chi connectivity index (χ2n) is 4.98. The molecule has 3 rings (SSSR count). The van der Waals surface area contributed by atoms with Crippen LogP contribution in [0.1, 0.15) is 16.2 Å². The Morgan fingerprint density at radius 3 is 2.74 bits per heavy atom. The molecule has 6 nitrogen and oxygen atoms in total. The number of nitrogens with one attached hydrogen (secondary N) is 1. The van der Waals surface area contributed by atoms with Crippen LogP contribution in [0, 0.1) is 6.92 Å². The van der Waals surface area contributed by atoms with Crippen molar-refractivity contribution in [3.63, 3.8) is 0 Å². The molecule has 0 aliphatic rings. The summed E-state index contributed by atoms with van der Waals surface area (Å²) < 4.78 is 9.68. The summed E-state index contributed by atoms with van der Waals surface area (Å²) in [5, 5.41) is 8.26. The Bertz CT molecular complexity index is 864. The maximum absolute atomic E-state index is 12.0.